The van der Waals surface area contributed by atoms with Gasteiger partial charge in [0, 0.05) is 35.8 Å². The van der Waals surface area contributed by atoms with Crippen molar-refractivity contribution >= 4 is 22.6 Å². The van der Waals surface area contributed by atoms with Crippen molar-refractivity contribution in [3.63, 3.8) is 0 Å². The van der Waals surface area contributed by atoms with Gasteiger partial charge in [-0.1, -0.05) is 36.4 Å². The fourth-order valence-corrected chi connectivity index (χ4v) is 2.95. The summed E-state index contributed by atoms with van der Waals surface area (Å²) in [4.78, 5) is 24.8. The van der Waals surface area contributed by atoms with Crippen molar-refractivity contribution in [3.8, 4) is 0 Å². The molecular weight excluding hydrogens is 347 g/mol. The molecule has 5 nitrogen and oxygen atoms in total. The molecule has 0 bridgehead atoms. The summed E-state index contributed by atoms with van der Waals surface area (Å²) in [6.45, 7) is 3.30. The number of aromatic nitrogens is 1. The minimum Gasteiger partial charge on any atom is -0.380 e. The lowest BCUT2D eigenvalue weighted by Crippen LogP contribution is -2.33. The Morgan fingerprint density at radius 3 is 2.63 bits per heavy atom. The van der Waals surface area contributed by atoms with E-state index in [1.165, 1.54) is 6.07 Å². The van der Waals surface area contributed by atoms with Crippen LogP contribution in [0.2, 0.25) is 0 Å². The third kappa shape index (κ3) is 4.23. The Bertz CT molecular complexity index is 965. The van der Waals surface area contributed by atoms with Crippen molar-refractivity contribution in [1.29, 1.82) is 0 Å². The summed E-state index contributed by atoms with van der Waals surface area (Å²) in [6.07, 6.45) is 1.61. The molecule has 0 saturated heterocycles. The number of carbonyl (C=O) groups excluding carboxylic acids is 2. The number of halogens is 1. The van der Waals surface area contributed by atoms with E-state index in [0.717, 1.165) is 5.52 Å². The van der Waals surface area contributed by atoms with Gasteiger partial charge in [0.05, 0.1) is 18.7 Å². The van der Waals surface area contributed by atoms with Crippen LogP contribution in [0.25, 0.3) is 10.9 Å². The monoisotopic (exact) mass is 368 g/mol. The molecule has 1 N–H and O–H groups in total. The van der Waals surface area contributed by atoms with Crippen molar-refractivity contribution in [2.75, 3.05) is 19.8 Å². The van der Waals surface area contributed by atoms with Gasteiger partial charge in [0.2, 0.25) is 0 Å². The Morgan fingerprint density at radius 1 is 1.11 bits per heavy atom. The summed E-state index contributed by atoms with van der Waals surface area (Å²) in [5.41, 5.74) is 1.58. The fraction of sp³-hybridized carbons (Fsp3) is 0.238. The van der Waals surface area contributed by atoms with Gasteiger partial charge < -0.3 is 14.6 Å². The zero-order valence-electron chi connectivity index (χ0n) is 15.1. The highest BCUT2D eigenvalue weighted by molar-refractivity contribution is 6.45. The highest BCUT2D eigenvalue weighted by Crippen LogP contribution is 2.23. The van der Waals surface area contributed by atoms with Crippen LogP contribution in [0.3, 0.4) is 0 Å². The summed E-state index contributed by atoms with van der Waals surface area (Å²) >= 11 is 0. The van der Waals surface area contributed by atoms with E-state index in [2.05, 4.69) is 5.32 Å². The minimum absolute atomic E-state index is 0.270. The van der Waals surface area contributed by atoms with Crippen LogP contribution in [0.5, 0.6) is 0 Å². The van der Waals surface area contributed by atoms with Crippen LogP contribution in [-0.2, 0) is 16.1 Å². The molecule has 0 aliphatic rings. The first kappa shape index (κ1) is 18.8. The Kier molecular flexibility index (Phi) is 5.98. The lowest BCUT2D eigenvalue weighted by Gasteiger charge is -2.06. The molecule has 0 aliphatic carbocycles. The topological polar surface area (TPSA) is 60.3 Å². The number of nitrogens with one attached hydrogen (secondary N) is 1. The van der Waals surface area contributed by atoms with E-state index in [1.807, 2.05) is 19.1 Å². The number of ketones is 1. The quantitative estimate of drug-likeness (QED) is 0.377. The van der Waals surface area contributed by atoms with Crippen LogP contribution in [0.1, 0.15) is 22.8 Å². The average Bonchev–Trinajstić information content (AvgIpc) is 3.05. The van der Waals surface area contributed by atoms with Gasteiger partial charge in [-0.25, -0.2) is 4.39 Å². The smallest absolute Gasteiger partial charge is 0.292 e. The largest absolute Gasteiger partial charge is 0.380 e. The normalized spacial score (nSPS) is 10.9. The van der Waals surface area contributed by atoms with Gasteiger partial charge in [-0.05, 0) is 19.1 Å². The summed E-state index contributed by atoms with van der Waals surface area (Å²) in [6, 6.07) is 13.8. The van der Waals surface area contributed by atoms with Crippen molar-refractivity contribution < 1.29 is 18.7 Å². The number of nitrogens with zero attached hydrogens (tertiary/aromatic N) is 1. The third-order valence-corrected chi connectivity index (χ3v) is 4.27. The Balaban J connectivity index is 1.87. The molecule has 1 amide bonds. The van der Waals surface area contributed by atoms with Crippen LogP contribution in [0.15, 0.2) is 54.7 Å². The van der Waals surface area contributed by atoms with E-state index < -0.39 is 11.7 Å². The molecule has 0 radical (unpaired) electrons. The molecular formula is C21H21FN2O3. The van der Waals surface area contributed by atoms with Gasteiger partial charge in [0.1, 0.15) is 5.82 Å². The van der Waals surface area contributed by atoms with Gasteiger partial charge in [0.15, 0.2) is 0 Å². The lowest BCUT2D eigenvalue weighted by atomic mass is 10.1. The molecule has 0 saturated carbocycles. The molecule has 1 aromatic heterocycles. The van der Waals surface area contributed by atoms with Crippen molar-refractivity contribution in [2.45, 2.75) is 13.5 Å². The van der Waals surface area contributed by atoms with E-state index in [0.29, 0.717) is 29.7 Å². The van der Waals surface area contributed by atoms with Gasteiger partial charge >= 0.3 is 0 Å². The first-order valence-corrected chi connectivity index (χ1v) is 8.83. The maximum Gasteiger partial charge on any atom is 0.292 e. The number of Topliss-reactive ketones (excluding diaryl/α,β-unsaturated/α-hetero) is 1. The fourth-order valence-electron chi connectivity index (χ4n) is 2.95. The van der Waals surface area contributed by atoms with Gasteiger partial charge in [-0.3, -0.25) is 9.59 Å². The van der Waals surface area contributed by atoms with E-state index in [4.69, 9.17) is 4.74 Å². The van der Waals surface area contributed by atoms with E-state index >= 15 is 0 Å². The maximum atomic E-state index is 14.0. The molecule has 0 unspecified atom stereocenters. The molecule has 140 valence electrons. The van der Waals surface area contributed by atoms with Crippen LogP contribution in [-0.4, -0.2) is 36.0 Å². The Labute approximate surface area is 156 Å². The van der Waals surface area contributed by atoms with E-state index in [1.54, 1.807) is 41.1 Å². The highest BCUT2D eigenvalue weighted by Gasteiger charge is 2.21. The Hall–Kier alpha value is -2.99. The van der Waals surface area contributed by atoms with Crippen LogP contribution in [0.4, 0.5) is 4.39 Å². The molecule has 1 heterocycles. The van der Waals surface area contributed by atoms with Crippen LogP contribution >= 0.6 is 0 Å². The molecule has 0 fully saturated rings. The van der Waals surface area contributed by atoms with Crippen molar-refractivity contribution in [3.05, 3.63) is 71.7 Å². The zero-order valence-corrected chi connectivity index (χ0v) is 15.1. The zero-order chi connectivity index (χ0) is 19.2. The molecule has 0 aliphatic heterocycles. The average molecular weight is 368 g/mol. The number of hydrogen-bond donors (Lipinski definition) is 1. The van der Waals surface area contributed by atoms with Crippen LogP contribution in [0, 0.1) is 5.82 Å². The van der Waals surface area contributed by atoms with Crippen molar-refractivity contribution in [2.24, 2.45) is 0 Å². The minimum atomic E-state index is -0.677. The molecule has 6 heteroatoms. The van der Waals surface area contributed by atoms with E-state index in [-0.39, 0.29) is 18.9 Å². The molecule has 0 atom stereocenters. The second-order valence-electron chi connectivity index (χ2n) is 6.06. The predicted octanol–water partition coefficient (Wildman–Crippen LogP) is 3.16. The van der Waals surface area contributed by atoms with E-state index in [9.17, 15) is 14.0 Å². The van der Waals surface area contributed by atoms with Gasteiger partial charge in [-0.15, -0.1) is 0 Å². The standard InChI is InChI=1S/C21H21FN2O3/c1-2-27-12-11-23-21(26)20(25)17-14-24(19-10-6-4-8-16(17)19)13-15-7-3-5-9-18(15)22/h3-10,14H,2,11-13H2,1H3,(H,23,26). The number of rotatable bonds is 8. The molecule has 27 heavy (non-hydrogen) atoms. The summed E-state index contributed by atoms with van der Waals surface area (Å²) in [5, 5.41) is 3.23. The molecule has 3 aromatic rings. The molecule has 0 spiro atoms. The molecule has 3 rings (SSSR count). The third-order valence-electron chi connectivity index (χ3n) is 4.27. The molecule has 2 aromatic carbocycles. The summed E-state index contributed by atoms with van der Waals surface area (Å²) < 4.78 is 21.0. The SMILES string of the molecule is CCOCCNC(=O)C(=O)c1cn(Cc2ccccc2F)c2ccccc12. The number of ether oxygens (including phenoxy) is 1. The summed E-state index contributed by atoms with van der Waals surface area (Å²) in [7, 11) is 0. The first-order chi connectivity index (χ1) is 13.1. The second kappa shape index (κ2) is 8.60. The van der Waals surface area contributed by atoms with Gasteiger partial charge in [-0.2, -0.15) is 0 Å². The number of amides is 1. The van der Waals surface area contributed by atoms with Crippen LogP contribution < -0.4 is 5.32 Å². The number of para-hydroxylation sites is 1. The Morgan fingerprint density at radius 2 is 1.85 bits per heavy atom. The van der Waals surface area contributed by atoms with Gasteiger partial charge in [0.25, 0.3) is 11.7 Å². The number of hydrogen-bond acceptors (Lipinski definition) is 3. The predicted molar refractivity (Wildman–Crippen MR) is 101 cm³/mol. The number of carbonyl (C=O) groups is 2. The lowest BCUT2D eigenvalue weighted by molar-refractivity contribution is -0.117. The van der Waals surface area contributed by atoms with Crippen molar-refractivity contribution in [1.82, 2.24) is 9.88 Å². The first-order valence-electron chi connectivity index (χ1n) is 8.83. The maximum absolute atomic E-state index is 14.0. The number of benzene rings is 2. The second-order valence-corrected chi connectivity index (χ2v) is 6.06. The summed E-state index contributed by atoms with van der Waals surface area (Å²) in [5.74, 6) is -1.60. The highest BCUT2D eigenvalue weighted by atomic mass is 19.1. The number of fused-ring (bicyclic) bond motifs is 1.